The highest BCUT2D eigenvalue weighted by Gasteiger charge is 2.21. The van der Waals surface area contributed by atoms with Crippen LogP contribution in [0.15, 0.2) is 24.3 Å². The minimum absolute atomic E-state index is 0.0978. The van der Waals surface area contributed by atoms with E-state index < -0.39 is 4.83 Å². The van der Waals surface area contributed by atoms with Crippen molar-refractivity contribution in [3.63, 3.8) is 0 Å². The van der Waals surface area contributed by atoms with Crippen LogP contribution in [0.1, 0.15) is 31.9 Å². The molecule has 0 saturated carbocycles. The SMILES string of the molecule is Cc1ccc(C[C@@H](CO)NC(=O)C(Br)COC(C)(C)C)cc1. The van der Waals surface area contributed by atoms with Gasteiger partial charge in [-0.15, -0.1) is 0 Å². The van der Waals surface area contributed by atoms with E-state index in [2.05, 4.69) is 21.2 Å². The van der Waals surface area contributed by atoms with Crippen molar-refractivity contribution >= 4 is 21.8 Å². The van der Waals surface area contributed by atoms with Crippen LogP contribution in [-0.2, 0) is 16.0 Å². The Balaban J connectivity index is 2.50. The molecule has 124 valence electrons. The van der Waals surface area contributed by atoms with Crippen molar-refractivity contribution in [2.24, 2.45) is 0 Å². The first-order valence-electron chi connectivity index (χ1n) is 7.46. The van der Waals surface area contributed by atoms with E-state index in [0.717, 1.165) is 5.56 Å². The van der Waals surface area contributed by atoms with Crippen LogP contribution in [0.2, 0.25) is 0 Å². The van der Waals surface area contributed by atoms with E-state index in [1.54, 1.807) is 0 Å². The molecule has 0 heterocycles. The maximum atomic E-state index is 12.1. The van der Waals surface area contributed by atoms with Crippen LogP contribution < -0.4 is 5.32 Å². The molecule has 1 aromatic carbocycles. The van der Waals surface area contributed by atoms with Gasteiger partial charge in [0.25, 0.3) is 0 Å². The van der Waals surface area contributed by atoms with Gasteiger partial charge in [-0.1, -0.05) is 45.8 Å². The molecule has 4 nitrogen and oxygen atoms in total. The van der Waals surface area contributed by atoms with Gasteiger partial charge in [-0.05, 0) is 39.7 Å². The lowest BCUT2D eigenvalue weighted by Crippen LogP contribution is -2.44. The topological polar surface area (TPSA) is 58.6 Å². The van der Waals surface area contributed by atoms with Crippen LogP contribution in [0.5, 0.6) is 0 Å². The lowest BCUT2D eigenvalue weighted by atomic mass is 10.0. The fourth-order valence-corrected chi connectivity index (χ4v) is 2.12. The summed E-state index contributed by atoms with van der Waals surface area (Å²) in [5, 5.41) is 12.3. The molecular formula is C17H26BrNO3. The van der Waals surface area contributed by atoms with Crippen LogP contribution >= 0.6 is 15.9 Å². The van der Waals surface area contributed by atoms with E-state index >= 15 is 0 Å². The quantitative estimate of drug-likeness (QED) is 0.724. The molecule has 5 heteroatoms. The summed E-state index contributed by atoms with van der Waals surface area (Å²) in [7, 11) is 0. The van der Waals surface area contributed by atoms with Crippen LogP contribution in [0.4, 0.5) is 0 Å². The van der Waals surface area contributed by atoms with E-state index in [4.69, 9.17) is 4.74 Å². The second-order valence-corrected chi connectivity index (χ2v) is 7.57. The molecule has 0 aliphatic carbocycles. The first-order valence-corrected chi connectivity index (χ1v) is 8.37. The molecule has 0 fully saturated rings. The molecule has 22 heavy (non-hydrogen) atoms. The number of aryl methyl sites for hydroxylation is 1. The molecule has 0 aromatic heterocycles. The maximum absolute atomic E-state index is 12.1. The molecule has 1 amide bonds. The van der Waals surface area contributed by atoms with Gasteiger partial charge >= 0.3 is 0 Å². The van der Waals surface area contributed by atoms with Gasteiger partial charge in [-0.3, -0.25) is 4.79 Å². The molecule has 0 spiro atoms. The van der Waals surface area contributed by atoms with Crippen molar-refractivity contribution in [2.75, 3.05) is 13.2 Å². The molecule has 2 atom stereocenters. The zero-order chi connectivity index (χ0) is 16.8. The third-order valence-corrected chi connectivity index (χ3v) is 3.80. The summed E-state index contributed by atoms with van der Waals surface area (Å²) < 4.78 is 5.59. The standard InChI is InChI=1S/C17H26BrNO3/c1-12-5-7-13(8-6-12)9-14(10-20)19-16(21)15(18)11-22-17(2,3)4/h5-8,14-15,20H,9-11H2,1-4H3,(H,19,21)/t14-,15?/m0/s1. The maximum Gasteiger partial charge on any atom is 0.236 e. The number of halogens is 1. The molecule has 1 unspecified atom stereocenters. The highest BCUT2D eigenvalue weighted by atomic mass is 79.9. The van der Waals surface area contributed by atoms with Crippen LogP contribution in [0.25, 0.3) is 0 Å². The Bertz CT molecular complexity index is 468. The van der Waals surface area contributed by atoms with Gasteiger partial charge in [0.05, 0.1) is 24.9 Å². The van der Waals surface area contributed by atoms with E-state index in [1.807, 2.05) is 52.0 Å². The van der Waals surface area contributed by atoms with Crippen molar-refractivity contribution in [1.29, 1.82) is 0 Å². The van der Waals surface area contributed by atoms with Crippen LogP contribution in [0, 0.1) is 6.92 Å². The highest BCUT2D eigenvalue weighted by Crippen LogP contribution is 2.11. The minimum atomic E-state index is -0.432. The number of carbonyl (C=O) groups is 1. The molecule has 0 bridgehead atoms. The molecule has 0 aliphatic rings. The van der Waals surface area contributed by atoms with Crippen molar-refractivity contribution in [1.82, 2.24) is 5.32 Å². The van der Waals surface area contributed by atoms with Crippen molar-refractivity contribution in [2.45, 2.75) is 50.6 Å². The number of aliphatic hydroxyl groups excluding tert-OH is 1. The van der Waals surface area contributed by atoms with Crippen molar-refractivity contribution in [3.05, 3.63) is 35.4 Å². The summed E-state index contributed by atoms with van der Waals surface area (Å²) in [5.41, 5.74) is 1.99. The lowest BCUT2D eigenvalue weighted by molar-refractivity contribution is -0.123. The first kappa shape index (κ1) is 19.1. The molecule has 0 aliphatic heterocycles. The molecule has 0 saturated heterocycles. The monoisotopic (exact) mass is 371 g/mol. The zero-order valence-electron chi connectivity index (χ0n) is 13.7. The number of alkyl halides is 1. The number of hydrogen-bond donors (Lipinski definition) is 2. The summed E-state index contributed by atoms with van der Waals surface area (Å²) in [6, 6.07) is 7.77. The molecule has 1 aromatic rings. The number of aliphatic hydroxyl groups is 1. The number of ether oxygens (including phenoxy) is 1. The number of hydrogen-bond acceptors (Lipinski definition) is 3. The fourth-order valence-electron chi connectivity index (χ4n) is 1.86. The average molecular weight is 372 g/mol. The Kier molecular flexibility index (Phi) is 7.53. The number of amides is 1. The van der Waals surface area contributed by atoms with E-state index in [-0.39, 0.29) is 30.8 Å². The van der Waals surface area contributed by atoms with Gasteiger partial charge in [0.2, 0.25) is 5.91 Å². The van der Waals surface area contributed by atoms with Crippen LogP contribution in [0.3, 0.4) is 0 Å². The second-order valence-electron chi connectivity index (χ2n) is 6.47. The summed E-state index contributed by atoms with van der Waals surface area (Å²) in [6.45, 7) is 8.05. The van der Waals surface area contributed by atoms with Crippen LogP contribution in [-0.4, -0.2) is 40.7 Å². The third-order valence-electron chi connectivity index (χ3n) is 3.12. The average Bonchev–Trinajstić information content (AvgIpc) is 2.45. The lowest BCUT2D eigenvalue weighted by Gasteiger charge is -2.23. The molecular weight excluding hydrogens is 346 g/mol. The predicted octanol–water partition coefficient (Wildman–Crippen LogP) is 2.59. The highest BCUT2D eigenvalue weighted by molar-refractivity contribution is 9.10. The summed E-state index contributed by atoms with van der Waals surface area (Å²) >= 11 is 3.33. The minimum Gasteiger partial charge on any atom is -0.394 e. The molecule has 1 rings (SSSR count). The Labute approximate surface area is 141 Å². The van der Waals surface area contributed by atoms with Crippen molar-refractivity contribution < 1.29 is 14.6 Å². The number of rotatable bonds is 7. The van der Waals surface area contributed by atoms with Gasteiger partial charge in [0.15, 0.2) is 0 Å². The second kappa shape index (κ2) is 8.65. The van der Waals surface area contributed by atoms with E-state index in [9.17, 15) is 9.90 Å². The predicted molar refractivity (Wildman–Crippen MR) is 92.3 cm³/mol. The van der Waals surface area contributed by atoms with Gasteiger partial charge in [0, 0.05) is 0 Å². The van der Waals surface area contributed by atoms with Gasteiger partial charge < -0.3 is 15.2 Å². The van der Waals surface area contributed by atoms with Gasteiger partial charge in [-0.25, -0.2) is 0 Å². The summed E-state index contributed by atoms with van der Waals surface area (Å²) in [5.74, 6) is -0.171. The van der Waals surface area contributed by atoms with Crippen molar-refractivity contribution in [3.8, 4) is 0 Å². The molecule has 0 radical (unpaired) electrons. The van der Waals surface area contributed by atoms with Gasteiger partial charge in [-0.2, -0.15) is 0 Å². The zero-order valence-corrected chi connectivity index (χ0v) is 15.3. The summed E-state index contributed by atoms with van der Waals surface area (Å²) in [6.07, 6.45) is 0.600. The fraction of sp³-hybridized carbons (Fsp3) is 0.588. The normalized spacial score (nSPS) is 14.5. The number of nitrogens with one attached hydrogen (secondary N) is 1. The smallest absolute Gasteiger partial charge is 0.236 e. The van der Waals surface area contributed by atoms with E-state index in [1.165, 1.54) is 5.56 Å². The third kappa shape index (κ3) is 7.38. The first-order chi connectivity index (χ1) is 10.2. The Hall–Kier alpha value is -0.910. The van der Waals surface area contributed by atoms with Gasteiger partial charge in [0.1, 0.15) is 4.83 Å². The largest absolute Gasteiger partial charge is 0.394 e. The molecule has 2 N–H and O–H groups in total. The van der Waals surface area contributed by atoms with E-state index in [0.29, 0.717) is 6.42 Å². The Morgan fingerprint density at radius 1 is 1.32 bits per heavy atom. The Morgan fingerprint density at radius 3 is 2.41 bits per heavy atom. The summed E-state index contributed by atoms with van der Waals surface area (Å²) in [4.78, 5) is 11.7. The number of benzene rings is 1. The Morgan fingerprint density at radius 2 is 1.91 bits per heavy atom. The number of carbonyl (C=O) groups excluding carboxylic acids is 1.